The molecule has 1 unspecified atom stereocenters. The Morgan fingerprint density at radius 3 is 1.48 bits per heavy atom. The van der Waals surface area contributed by atoms with Crippen molar-refractivity contribution in [3.63, 3.8) is 0 Å². The van der Waals surface area contributed by atoms with Gasteiger partial charge in [-0.15, -0.1) is 0 Å². The number of aliphatic hydroxyl groups is 1. The predicted octanol–water partition coefficient (Wildman–Crippen LogP) is 4.72. The Morgan fingerprint density at radius 1 is 0.710 bits per heavy atom. The van der Waals surface area contributed by atoms with Crippen LogP contribution in [0.5, 0.6) is 0 Å². The maximum Gasteiger partial charge on any atom is 0.335 e. The maximum atomic E-state index is 11.9. The molecule has 1 N–H and O–H groups in total. The van der Waals surface area contributed by atoms with Crippen LogP contribution in [0.1, 0.15) is 19.3 Å². The van der Waals surface area contributed by atoms with Crippen LogP contribution in [0.25, 0.3) is 0 Å². The van der Waals surface area contributed by atoms with Gasteiger partial charge < -0.3 is 22.8 Å². The third-order valence-corrected chi connectivity index (χ3v) is 16.6. The van der Waals surface area contributed by atoms with Crippen molar-refractivity contribution >= 4 is 45.2 Å². The quantitative estimate of drug-likeness (QED) is 0.194. The van der Waals surface area contributed by atoms with E-state index in [4.69, 9.17) is 17.7 Å². The molecule has 0 aliphatic carbocycles. The van der Waals surface area contributed by atoms with E-state index >= 15 is 0 Å². The summed E-state index contributed by atoms with van der Waals surface area (Å²) in [6.07, 6.45) is -0.470. The molecule has 0 heterocycles. The largest absolute Gasteiger partial charge is 0.466 e. The van der Waals surface area contributed by atoms with Crippen LogP contribution < -0.4 is 0 Å². The molecule has 0 aromatic rings. The molecular formula is C20H46O7Si4. The lowest BCUT2D eigenvalue weighted by molar-refractivity contribution is -0.160. The van der Waals surface area contributed by atoms with E-state index in [1.165, 1.54) is 0 Å². The maximum absolute atomic E-state index is 11.9. The highest BCUT2D eigenvalue weighted by atomic mass is 28.4. The van der Waals surface area contributed by atoms with E-state index < -0.39 is 51.3 Å². The van der Waals surface area contributed by atoms with Gasteiger partial charge in [-0.25, -0.2) is 4.79 Å². The molecule has 0 spiro atoms. The molecule has 184 valence electrons. The van der Waals surface area contributed by atoms with Gasteiger partial charge in [0, 0.05) is 0 Å². The highest BCUT2D eigenvalue weighted by Crippen LogP contribution is 2.21. The van der Waals surface area contributed by atoms with Crippen LogP contribution >= 0.6 is 0 Å². The monoisotopic (exact) mass is 510 g/mol. The SMILES string of the molecule is C[Si](C)(C)O[Si](C)(C)CCCOC(=O)CC(O)C(=O)OCCC[Si](C)(C)O[Si](C)(C)C. The zero-order valence-corrected chi connectivity index (χ0v) is 25.4. The molecule has 0 aromatic heterocycles. The molecule has 0 fully saturated rings. The molecule has 0 saturated heterocycles. The molecular weight excluding hydrogens is 465 g/mol. The van der Waals surface area contributed by atoms with Crippen molar-refractivity contribution in [3.05, 3.63) is 0 Å². The summed E-state index contributed by atoms with van der Waals surface area (Å²) >= 11 is 0. The summed E-state index contributed by atoms with van der Waals surface area (Å²) in [7, 11) is -6.71. The Morgan fingerprint density at radius 2 is 1.10 bits per heavy atom. The van der Waals surface area contributed by atoms with Crippen molar-refractivity contribution in [1.29, 1.82) is 0 Å². The lowest BCUT2D eigenvalue weighted by atomic mass is 10.2. The van der Waals surface area contributed by atoms with Gasteiger partial charge >= 0.3 is 11.9 Å². The summed E-state index contributed by atoms with van der Waals surface area (Å²) in [4.78, 5) is 23.8. The zero-order chi connectivity index (χ0) is 24.5. The van der Waals surface area contributed by atoms with Crippen molar-refractivity contribution in [3.8, 4) is 0 Å². The normalized spacial score (nSPS) is 14.3. The Labute approximate surface area is 193 Å². The molecule has 0 bridgehead atoms. The van der Waals surface area contributed by atoms with Gasteiger partial charge in [0.25, 0.3) is 0 Å². The molecule has 0 amide bonds. The molecule has 1 atom stereocenters. The van der Waals surface area contributed by atoms with Crippen molar-refractivity contribution < 1.29 is 32.4 Å². The van der Waals surface area contributed by atoms with Gasteiger partial charge in [-0.2, -0.15) is 0 Å². The number of rotatable bonds is 15. The Hall–Kier alpha value is -0.312. The number of ether oxygens (including phenoxy) is 2. The Bertz CT molecular complexity index is 569. The first-order valence-corrected chi connectivity index (χ1v) is 24.3. The van der Waals surface area contributed by atoms with E-state index in [0.29, 0.717) is 6.42 Å². The molecule has 31 heavy (non-hydrogen) atoms. The number of carbonyl (C=O) groups is 2. The van der Waals surface area contributed by atoms with Gasteiger partial charge in [0.1, 0.15) is 0 Å². The third kappa shape index (κ3) is 17.9. The topological polar surface area (TPSA) is 91.3 Å². The highest BCUT2D eigenvalue weighted by molar-refractivity contribution is 6.84. The second-order valence-corrected chi connectivity index (χ2v) is 29.4. The first-order chi connectivity index (χ1) is 13.8. The molecule has 0 saturated carbocycles. The number of aliphatic hydroxyl groups excluding tert-OH is 1. The summed E-state index contributed by atoms with van der Waals surface area (Å²) in [6, 6.07) is 1.78. The molecule has 0 aliphatic heterocycles. The summed E-state index contributed by atoms with van der Waals surface area (Å²) in [5.41, 5.74) is 0. The van der Waals surface area contributed by atoms with E-state index in [0.717, 1.165) is 18.5 Å². The van der Waals surface area contributed by atoms with Crippen molar-refractivity contribution in [2.75, 3.05) is 13.2 Å². The van der Waals surface area contributed by atoms with Crippen LogP contribution in [0.3, 0.4) is 0 Å². The van der Waals surface area contributed by atoms with E-state index in [1.54, 1.807) is 0 Å². The van der Waals surface area contributed by atoms with E-state index in [1.807, 2.05) is 0 Å². The number of esters is 2. The predicted molar refractivity (Wildman–Crippen MR) is 135 cm³/mol. The van der Waals surface area contributed by atoms with Gasteiger partial charge in [-0.3, -0.25) is 4.79 Å². The summed E-state index contributed by atoms with van der Waals surface area (Å²) in [6.45, 7) is 22.2. The smallest absolute Gasteiger partial charge is 0.335 e. The number of hydrogen-bond acceptors (Lipinski definition) is 7. The Kier molecular flexibility index (Phi) is 12.7. The molecule has 0 aromatic carbocycles. The first kappa shape index (κ1) is 30.7. The molecule has 0 radical (unpaired) electrons. The third-order valence-electron chi connectivity index (χ3n) is 4.15. The molecule has 0 rings (SSSR count). The van der Waals surface area contributed by atoms with Crippen LogP contribution in [0, 0.1) is 0 Å². The second-order valence-electron chi connectivity index (χ2n) is 11.3. The average molecular weight is 511 g/mol. The number of hydrogen-bond donors (Lipinski definition) is 1. The van der Waals surface area contributed by atoms with Crippen molar-refractivity contribution in [2.45, 2.75) is 103 Å². The van der Waals surface area contributed by atoms with Gasteiger partial charge in [0.2, 0.25) is 0 Å². The van der Waals surface area contributed by atoms with Crippen molar-refractivity contribution in [2.24, 2.45) is 0 Å². The molecule has 7 nitrogen and oxygen atoms in total. The molecule has 11 heteroatoms. The highest BCUT2D eigenvalue weighted by Gasteiger charge is 2.30. The first-order valence-electron chi connectivity index (χ1n) is 11.2. The fraction of sp³-hybridized carbons (Fsp3) is 0.900. The van der Waals surface area contributed by atoms with Gasteiger partial charge in [0.05, 0.1) is 19.6 Å². The van der Waals surface area contributed by atoms with Crippen LogP contribution in [0.2, 0.25) is 77.6 Å². The second kappa shape index (κ2) is 12.8. The van der Waals surface area contributed by atoms with Crippen molar-refractivity contribution in [1.82, 2.24) is 0 Å². The number of carbonyl (C=O) groups excluding carboxylic acids is 2. The lowest BCUT2D eigenvalue weighted by Crippen LogP contribution is -2.42. The van der Waals surface area contributed by atoms with Gasteiger partial charge in [0.15, 0.2) is 39.4 Å². The average Bonchev–Trinajstić information content (AvgIpc) is 2.50. The summed E-state index contributed by atoms with van der Waals surface area (Å²) in [5.74, 6) is -1.37. The van der Waals surface area contributed by atoms with Gasteiger partial charge in [-0.1, -0.05) is 0 Å². The summed E-state index contributed by atoms with van der Waals surface area (Å²) < 4.78 is 22.8. The van der Waals surface area contributed by atoms with E-state index in [9.17, 15) is 14.7 Å². The fourth-order valence-electron chi connectivity index (χ4n) is 3.51. The van der Waals surface area contributed by atoms with E-state index in [-0.39, 0.29) is 19.6 Å². The fourth-order valence-corrected chi connectivity index (χ4v) is 19.6. The van der Waals surface area contributed by atoms with Crippen LogP contribution in [-0.2, 0) is 27.3 Å². The molecule has 0 aliphatic rings. The summed E-state index contributed by atoms with van der Waals surface area (Å²) in [5, 5.41) is 9.92. The standard InChI is InChI=1S/C20H46O7Si4/c1-28(2,3)26-30(7,8)15-11-13-24-19(22)17-18(21)20(23)25-14-12-16-31(9,10)27-29(4,5)6/h18,21H,11-17H2,1-10H3. The minimum atomic E-state index is -1.78. The van der Waals surface area contributed by atoms with Crippen LogP contribution in [0.15, 0.2) is 0 Å². The van der Waals surface area contributed by atoms with Crippen LogP contribution in [-0.4, -0.2) is 69.6 Å². The van der Waals surface area contributed by atoms with Gasteiger partial charge in [-0.05, 0) is 90.4 Å². The minimum Gasteiger partial charge on any atom is -0.466 e. The zero-order valence-electron chi connectivity index (χ0n) is 21.4. The Balaban J connectivity index is 4.10. The minimum absolute atomic E-state index is 0.216. The lowest BCUT2D eigenvalue weighted by Gasteiger charge is -2.31. The van der Waals surface area contributed by atoms with E-state index in [2.05, 4.69) is 65.5 Å². The van der Waals surface area contributed by atoms with Crippen LogP contribution in [0.4, 0.5) is 0 Å².